The van der Waals surface area contributed by atoms with Crippen molar-refractivity contribution in [2.45, 2.75) is 25.8 Å². The third kappa shape index (κ3) is 6.58. The number of amides is 1. The Morgan fingerprint density at radius 3 is 2.56 bits per heavy atom. The number of nitrogens with two attached hydrogens (primary N) is 1. The Bertz CT molecular complexity index is 1630. The fraction of sp³-hybridized carbons (Fsp3) is 0.226. The second-order valence-corrected chi connectivity index (χ2v) is 10.2. The van der Waals surface area contributed by atoms with Crippen molar-refractivity contribution in [3.8, 4) is 11.3 Å². The maximum Gasteiger partial charge on any atom is 0.328 e. The summed E-state index contributed by atoms with van der Waals surface area (Å²) in [5.41, 5.74) is 8.94. The lowest BCUT2D eigenvalue weighted by atomic mass is 10.0. The van der Waals surface area contributed by atoms with Crippen LogP contribution in [0.5, 0.6) is 0 Å². The van der Waals surface area contributed by atoms with E-state index in [0.717, 1.165) is 5.56 Å². The summed E-state index contributed by atoms with van der Waals surface area (Å²) >= 11 is 6.32. The first-order valence-electron chi connectivity index (χ1n) is 13.7. The number of nitrogens with one attached hydrogen (secondary N) is 2. The van der Waals surface area contributed by atoms with Gasteiger partial charge in [-0.05, 0) is 86.5 Å². The maximum absolute atomic E-state index is 14.8. The first-order valence-corrected chi connectivity index (χ1v) is 14.1. The summed E-state index contributed by atoms with van der Waals surface area (Å²) in [4.78, 5) is 35.7. The molecule has 2 heterocycles. The molecule has 1 atom stereocenters. The highest BCUT2D eigenvalue weighted by Gasteiger charge is 2.27. The summed E-state index contributed by atoms with van der Waals surface area (Å²) in [6.45, 7) is 2.38. The summed E-state index contributed by atoms with van der Waals surface area (Å²) < 4.78 is 34.7. The first kappa shape index (κ1) is 29.9. The van der Waals surface area contributed by atoms with E-state index in [4.69, 9.17) is 27.1 Å². The van der Waals surface area contributed by atoms with Gasteiger partial charge in [-0.1, -0.05) is 17.7 Å². The molecular formula is C31H29ClF2N6O3. The first-order chi connectivity index (χ1) is 20.8. The standard InChI is InChI=1S/C31H29ClF2N6O3/c1-2-43-30(42)25(12-14-35)38-29(41)18-6-9-21(10-7-18)37-31-36-17-19-13-15-40(28-23(33)4-3-5-24(28)34)26-16-20(32)8-11-22(26)27(19)39-31/h3-11,16-17,25H,2,12-15,35H2,1H3,(H,38,41)(H,36,37,39)/t25-/m1/s1. The van der Waals surface area contributed by atoms with E-state index in [9.17, 15) is 18.4 Å². The molecule has 1 aromatic heterocycles. The van der Waals surface area contributed by atoms with Crippen LogP contribution >= 0.6 is 11.6 Å². The minimum atomic E-state index is -0.841. The topological polar surface area (TPSA) is 122 Å². The molecule has 9 nitrogen and oxygen atoms in total. The Labute approximate surface area is 252 Å². The van der Waals surface area contributed by atoms with Crippen molar-refractivity contribution >= 4 is 46.5 Å². The molecule has 0 fully saturated rings. The second-order valence-electron chi connectivity index (χ2n) is 9.76. The Morgan fingerprint density at radius 2 is 1.86 bits per heavy atom. The van der Waals surface area contributed by atoms with E-state index in [1.54, 1.807) is 60.5 Å². The number of para-hydroxylation sites is 1. The zero-order valence-corrected chi connectivity index (χ0v) is 24.0. The van der Waals surface area contributed by atoms with Gasteiger partial charge in [0.05, 0.1) is 18.0 Å². The van der Waals surface area contributed by atoms with Crippen molar-refractivity contribution in [2.24, 2.45) is 5.73 Å². The Kier molecular flexibility index (Phi) is 9.13. The number of nitrogens with zero attached hydrogens (tertiary/aromatic N) is 3. The predicted octanol–water partition coefficient (Wildman–Crippen LogP) is 5.52. The van der Waals surface area contributed by atoms with Crippen molar-refractivity contribution in [3.05, 3.63) is 94.6 Å². The van der Waals surface area contributed by atoms with E-state index in [1.165, 1.54) is 18.2 Å². The van der Waals surface area contributed by atoms with Gasteiger partial charge in [-0.3, -0.25) is 4.79 Å². The van der Waals surface area contributed by atoms with Gasteiger partial charge in [-0.15, -0.1) is 0 Å². The third-order valence-electron chi connectivity index (χ3n) is 6.92. The number of halogens is 3. The number of rotatable bonds is 9. The number of hydrogen-bond acceptors (Lipinski definition) is 8. The van der Waals surface area contributed by atoms with Crippen LogP contribution in [0, 0.1) is 11.6 Å². The van der Waals surface area contributed by atoms with Gasteiger partial charge in [0, 0.05) is 34.6 Å². The van der Waals surface area contributed by atoms with Gasteiger partial charge >= 0.3 is 5.97 Å². The highest BCUT2D eigenvalue weighted by molar-refractivity contribution is 6.31. The average molecular weight is 607 g/mol. The van der Waals surface area contributed by atoms with Crippen LogP contribution in [0.2, 0.25) is 5.02 Å². The summed E-state index contributed by atoms with van der Waals surface area (Å²) in [7, 11) is 0. The summed E-state index contributed by atoms with van der Waals surface area (Å²) in [5.74, 6) is -2.06. The molecule has 4 aromatic rings. The van der Waals surface area contributed by atoms with Crippen LogP contribution < -0.4 is 21.3 Å². The molecular weight excluding hydrogens is 578 g/mol. The minimum Gasteiger partial charge on any atom is -0.464 e. The highest BCUT2D eigenvalue weighted by atomic mass is 35.5. The smallest absolute Gasteiger partial charge is 0.328 e. The molecule has 0 radical (unpaired) electrons. The Balaban J connectivity index is 1.39. The molecule has 1 amide bonds. The number of hydrogen-bond donors (Lipinski definition) is 3. The molecule has 5 rings (SSSR count). The fourth-order valence-corrected chi connectivity index (χ4v) is 5.04. The molecule has 0 bridgehead atoms. The van der Waals surface area contributed by atoms with Crippen LogP contribution in [0.25, 0.3) is 11.3 Å². The lowest BCUT2D eigenvalue weighted by Crippen LogP contribution is -2.43. The van der Waals surface area contributed by atoms with Crippen molar-refractivity contribution in [1.82, 2.24) is 15.3 Å². The van der Waals surface area contributed by atoms with Gasteiger partial charge in [0.15, 0.2) is 0 Å². The quantitative estimate of drug-likeness (QED) is 0.213. The van der Waals surface area contributed by atoms with Gasteiger partial charge in [-0.25, -0.2) is 23.5 Å². The van der Waals surface area contributed by atoms with Crippen molar-refractivity contribution < 1.29 is 23.1 Å². The number of esters is 1. The van der Waals surface area contributed by atoms with Gasteiger partial charge in [0.25, 0.3) is 5.91 Å². The molecule has 0 saturated carbocycles. The van der Waals surface area contributed by atoms with Crippen LogP contribution in [0.3, 0.4) is 0 Å². The Hall–Kier alpha value is -4.61. The molecule has 12 heteroatoms. The molecule has 222 valence electrons. The normalized spacial score (nSPS) is 12.9. The SMILES string of the molecule is CCOC(=O)[C@@H](CCN)NC(=O)c1ccc(Nc2ncc3c(n2)-c2ccc(Cl)cc2N(c2c(F)cccc2F)CC3)cc1. The number of carbonyl (C=O) groups is 2. The number of benzene rings is 3. The van der Waals surface area contributed by atoms with Crippen molar-refractivity contribution in [2.75, 3.05) is 29.9 Å². The maximum atomic E-state index is 14.8. The molecule has 0 saturated heterocycles. The van der Waals surface area contributed by atoms with E-state index in [2.05, 4.69) is 15.6 Å². The van der Waals surface area contributed by atoms with E-state index >= 15 is 0 Å². The molecule has 0 unspecified atom stereocenters. The van der Waals surface area contributed by atoms with E-state index < -0.39 is 29.6 Å². The van der Waals surface area contributed by atoms with Crippen LogP contribution in [0.1, 0.15) is 29.3 Å². The van der Waals surface area contributed by atoms with Gasteiger partial charge in [0.2, 0.25) is 5.95 Å². The molecule has 4 N–H and O–H groups in total. The number of carbonyl (C=O) groups excluding carboxylic acids is 2. The number of fused-ring (bicyclic) bond motifs is 3. The number of anilines is 4. The zero-order chi connectivity index (χ0) is 30.5. The summed E-state index contributed by atoms with van der Waals surface area (Å²) in [6.07, 6.45) is 2.36. The molecule has 43 heavy (non-hydrogen) atoms. The van der Waals surface area contributed by atoms with Crippen molar-refractivity contribution in [3.63, 3.8) is 0 Å². The second kappa shape index (κ2) is 13.1. The molecule has 3 aromatic carbocycles. The summed E-state index contributed by atoms with van der Waals surface area (Å²) in [6, 6.07) is 14.6. The van der Waals surface area contributed by atoms with E-state index in [1.807, 2.05) is 0 Å². The largest absolute Gasteiger partial charge is 0.464 e. The van der Waals surface area contributed by atoms with Gasteiger partial charge < -0.3 is 26.0 Å². The lowest BCUT2D eigenvalue weighted by Gasteiger charge is -2.26. The number of aromatic nitrogens is 2. The van der Waals surface area contributed by atoms with Crippen LogP contribution in [-0.2, 0) is 16.0 Å². The third-order valence-corrected chi connectivity index (χ3v) is 7.15. The van der Waals surface area contributed by atoms with Crippen molar-refractivity contribution in [1.29, 1.82) is 0 Å². The Morgan fingerprint density at radius 1 is 1.12 bits per heavy atom. The number of ether oxygens (including phenoxy) is 1. The monoisotopic (exact) mass is 606 g/mol. The zero-order valence-electron chi connectivity index (χ0n) is 23.2. The molecule has 0 aliphatic carbocycles. The average Bonchev–Trinajstić information content (AvgIpc) is 3.14. The molecule has 1 aliphatic heterocycles. The predicted molar refractivity (Wildman–Crippen MR) is 161 cm³/mol. The minimum absolute atomic E-state index is 0.161. The molecule has 0 spiro atoms. The fourth-order valence-electron chi connectivity index (χ4n) is 4.88. The van der Waals surface area contributed by atoms with E-state index in [-0.39, 0.29) is 37.8 Å². The van der Waals surface area contributed by atoms with Gasteiger partial charge in [0.1, 0.15) is 23.4 Å². The highest BCUT2D eigenvalue weighted by Crippen LogP contribution is 2.42. The summed E-state index contributed by atoms with van der Waals surface area (Å²) in [5, 5.41) is 6.21. The van der Waals surface area contributed by atoms with Crippen LogP contribution in [0.15, 0.2) is 66.9 Å². The van der Waals surface area contributed by atoms with Gasteiger partial charge in [-0.2, -0.15) is 0 Å². The van der Waals surface area contributed by atoms with Crippen LogP contribution in [0.4, 0.5) is 31.8 Å². The van der Waals surface area contributed by atoms with Crippen LogP contribution in [-0.4, -0.2) is 47.6 Å². The lowest BCUT2D eigenvalue weighted by molar-refractivity contribution is -0.145. The van der Waals surface area contributed by atoms with E-state index in [0.29, 0.717) is 39.6 Å². The molecule has 1 aliphatic rings.